The van der Waals surface area contributed by atoms with Crippen molar-refractivity contribution in [3.8, 4) is 0 Å². The van der Waals surface area contributed by atoms with E-state index in [0.29, 0.717) is 12.1 Å². The molecule has 3 aromatic carbocycles. The molecular formula is C31H39N3O4S. The van der Waals surface area contributed by atoms with Gasteiger partial charge in [-0.2, -0.15) is 0 Å². The molecule has 208 valence electrons. The summed E-state index contributed by atoms with van der Waals surface area (Å²) in [6, 6.07) is 22.4. The van der Waals surface area contributed by atoms with Crippen LogP contribution < -0.4 is 9.62 Å². The molecule has 3 rings (SSSR count). The van der Waals surface area contributed by atoms with E-state index in [-0.39, 0.29) is 23.4 Å². The number of hydrogen-bond acceptors (Lipinski definition) is 4. The number of nitrogens with one attached hydrogen (secondary N) is 1. The van der Waals surface area contributed by atoms with Gasteiger partial charge >= 0.3 is 0 Å². The Bertz CT molecular complexity index is 1340. The van der Waals surface area contributed by atoms with E-state index in [1.807, 2.05) is 64.1 Å². The van der Waals surface area contributed by atoms with Crippen LogP contribution in [0.5, 0.6) is 0 Å². The molecule has 0 unspecified atom stereocenters. The number of carbonyl (C=O) groups excluding carboxylic acids is 2. The highest BCUT2D eigenvalue weighted by Crippen LogP contribution is 2.26. The standard InChI is InChI=1S/C31H39N3O4S/c1-6-25(4)32-31(36)26(5)33(18-17-27-13-9-7-10-14-27)30(35)22-34(28-20-23(2)19-24(3)21-28)39(37,38)29-15-11-8-12-16-29/h7-16,19-21,25-26H,6,17-18,22H2,1-5H3,(H,32,36)/t25-,26+/m0/s1. The van der Waals surface area contributed by atoms with E-state index in [2.05, 4.69) is 5.32 Å². The van der Waals surface area contributed by atoms with E-state index >= 15 is 0 Å². The Kier molecular flexibility index (Phi) is 10.3. The van der Waals surface area contributed by atoms with Crippen molar-refractivity contribution in [2.24, 2.45) is 0 Å². The Labute approximate surface area is 232 Å². The zero-order valence-electron chi connectivity index (χ0n) is 23.4. The van der Waals surface area contributed by atoms with Gasteiger partial charge in [0.2, 0.25) is 11.8 Å². The van der Waals surface area contributed by atoms with Gasteiger partial charge in [0.15, 0.2) is 0 Å². The number of sulfonamides is 1. The Balaban J connectivity index is 1.99. The summed E-state index contributed by atoms with van der Waals surface area (Å²) in [6.45, 7) is 9.19. The SMILES string of the molecule is CC[C@H](C)NC(=O)[C@@H](C)N(CCc1ccccc1)C(=O)CN(c1cc(C)cc(C)c1)S(=O)(=O)c1ccccc1. The maximum Gasteiger partial charge on any atom is 0.264 e. The third-order valence-electron chi connectivity index (χ3n) is 6.76. The Morgan fingerprint density at radius 1 is 0.872 bits per heavy atom. The van der Waals surface area contributed by atoms with Crippen LogP contribution in [0, 0.1) is 13.8 Å². The van der Waals surface area contributed by atoms with Crippen LogP contribution in [0.2, 0.25) is 0 Å². The second-order valence-electron chi connectivity index (χ2n) is 9.99. The smallest absolute Gasteiger partial charge is 0.264 e. The van der Waals surface area contributed by atoms with Gasteiger partial charge in [0.05, 0.1) is 10.6 Å². The normalized spacial score (nSPS) is 12.8. The first kappa shape index (κ1) is 29.9. The average molecular weight is 550 g/mol. The summed E-state index contributed by atoms with van der Waals surface area (Å²) in [5.41, 5.74) is 3.19. The second-order valence-corrected chi connectivity index (χ2v) is 11.8. The predicted octanol–water partition coefficient (Wildman–Crippen LogP) is 4.87. The molecule has 2 atom stereocenters. The quantitative estimate of drug-likeness (QED) is 0.349. The summed E-state index contributed by atoms with van der Waals surface area (Å²) >= 11 is 0. The molecule has 1 N–H and O–H groups in total. The van der Waals surface area contributed by atoms with Crippen molar-refractivity contribution >= 4 is 27.5 Å². The molecule has 0 fully saturated rings. The van der Waals surface area contributed by atoms with Crippen LogP contribution in [0.15, 0.2) is 83.8 Å². The van der Waals surface area contributed by atoms with E-state index in [9.17, 15) is 18.0 Å². The highest BCUT2D eigenvalue weighted by Gasteiger charge is 2.32. The van der Waals surface area contributed by atoms with E-state index in [0.717, 1.165) is 27.4 Å². The maximum atomic E-state index is 13.9. The molecule has 3 aromatic rings. The number of benzene rings is 3. The molecule has 0 aromatic heterocycles. The molecule has 0 aliphatic heterocycles. The molecule has 2 amide bonds. The molecule has 0 saturated carbocycles. The second kappa shape index (κ2) is 13.4. The molecule has 0 saturated heterocycles. The van der Waals surface area contributed by atoms with Crippen molar-refractivity contribution in [1.82, 2.24) is 10.2 Å². The molecule has 0 spiro atoms. The van der Waals surface area contributed by atoms with Crippen molar-refractivity contribution in [3.63, 3.8) is 0 Å². The molecule has 7 nitrogen and oxygen atoms in total. The lowest BCUT2D eigenvalue weighted by atomic mass is 10.1. The van der Waals surface area contributed by atoms with E-state index in [1.165, 1.54) is 17.0 Å². The minimum absolute atomic E-state index is 0.0451. The summed E-state index contributed by atoms with van der Waals surface area (Å²) in [5.74, 6) is -0.717. The van der Waals surface area contributed by atoms with Gasteiger partial charge in [-0.15, -0.1) is 0 Å². The fraction of sp³-hybridized carbons (Fsp3) is 0.355. The summed E-state index contributed by atoms with van der Waals surface area (Å²) in [6.07, 6.45) is 1.29. The molecule has 0 heterocycles. The average Bonchev–Trinajstić information content (AvgIpc) is 2.92. The number of carbonyl (C=O) groups is 2. The van der Waals surface area contributed by atoms with E-state index in [1.54, 1.807) is 37.3 Å². The molecule has 0 aliphatic carbocycles. The summed E-state index contributed by atoms with van der Waals surface area (Å²) in [7, 11) is -4.07. The Hall–Kier alpha value is -3.65. The molecule has 0 aliphatic rings. The Morgan fingerprint density at radius 2 is 1.44 bits per heavy atom. The third kappa shape index (κ3) is 7.93. The lowest BCUT2D eigenvalue weighted by molar-refractivity contribution is -0.139. The number of amides is 2. The molecule has 0 radical (unpaired) electrons. The first-order valence-corrected chi connectivity index (χ1v) is 14.8. The molecule has 8 heteroatoms. The van der Waals surface area contributed by atoms with E-state index < -0.39 is 28.5 Å². The number of aryl methyl sites for hydroxylation is 2. The lowest BCUT2D eigenvalue weighted by Crippen LogP contribution is -2.53. The van der Waals surface area contributed by atoms with Crippen LogP contribution >= 0.6 is 0 Å². The lowest BCUT2D eigenvalue weighted by Gasteiger charge is -2.32. The van der Waals surface area contributed by atoms with Crippen molar-refractivity contribution in [2.75, 3.05) is 17.4 Å². The van der Waals surface area contributed by atoms with Crippen molar-refractivity contribution in [3.05, 3.63) is 95.6 Å². The largest absolute Gasteiger partial charge is 0.352 e. The first-order chi connectivity index (χ1) is 18.5. The van der Waals surface area contributed by atoms with Crippen LogP contribution in [-0.2, 0) is 26.0 Å². The van der Waals surface area contributed by atoms with Crippen molar-refractivity contribution in [1.29, 1.82) is 0 Å². The van der Waals surface area contributed by atoms with Crippen LogP contribution in [0.4, 0.5) is 5.69 Å². The van der Waals surface area contributed by atoms with Crippen LogP contribution in [0.1, 0.15) is 43.9 Å². The Morgan fingerprint density at radius 3 is 2.00 bits per heavy atom. The summed E-state index contributed by atoms with van der Waals surface area (Å²) in [4.78, 5) is 28.6. The number of anilines is 1. The monoisotopic (exact) mass is 549 g/mol. The van der Waals surface area contributed by atoms with Gasteiger partial charge in [0, 0.05) is 12.6 Å². The maximum absolute atomic E-state index is 13.9. The van der Waals surface area contributed by atoms with Crippen molar-refractivity contribution < 1.29 is 18.0 Å². The van der Waals surface area contributed by atoms with Crippen molar-refractivity contribution in [2.45, 2.75) is 64.4 Å². The molecule has 39 heavy (non-hydrogen) atoms. The molecular weight excluding hydrogens is 510 g/mol. The predicted molar refractivity (Wildman–Crippen MR) is 156 cm³/mol. The minimum Gasteiger partial charge on any atom is -0.352 e. The fourth-order valence-electron chi connectivity index (χ4n) is 4.38. The van der Waals surface area contributed by atoms with Crippen LogP contribution in [-0.4, -0.2) is 50.3 Å². The van der Waals surface area contributed by atoms with Gasteiger partial charge in [-0.1, -0.05) is 61.5 Å². The molecule has 0 bridgehead atoms. The van der Waals surface area contributed by atoms with Gasteiger partial charge in [0.1, 0.15) is 12.6 Å². The summed E-state index contributed by atoms with van der Waals surface area (Å²) < 4.78 is 28.9. The number of rotatable bonds is 12. The zero-order chi connectivity index (χ0) is 28.6. The summed E-state index contributed by atoms with van der Waals surface area (Å²) in [5, 5.41) is 2.95. The van der Waals surface area contributed by atoms with Gasteiger partial charge in [-0.05, 0) is 81.5 Å². The third-order valence-corrected chi connectivity index (χ3v) is 8.55. The van der Waals surface area contributed by atoms with Gasteiger partial charge in [-0.25, -0.2) is 8.42 Å². The minimum atomic E-state index is -4.07. The number of hydrogen-bond donors (Lipinski definition) is 1. The highest BCUT2D eigenvalue weighted by molar-refractivity contribution is 7.92. The zero-order valence-corrected chi connectivity index (χ0v) is 24.2. The number of nitrogens with zero attached hydrogens (tertiary/aromatic N) is 2. The van der Waals surface area contributed by atoms with Gasteiger partial charge in [0.25, 0.3) is 10.0 Å². The first-order valence-electron chi connectivity index (χ1n) is 13.3. The topological polar surface area (TPSA) is 86.8 Å². The van der Waals surface area contributed by atoms with Gasteiger partial charge < -0.3 is 10.2 Å². The van der Waals surface area contributed by atoms with E-state index in [4.69, 9.17) is 0 Å². The van der Waals surface area contributed by atoms with Crippen LogP contribution in [0.3, 0.4) is 0 Å². The van der Waals surface area contributed by atoms with Crippen LogP contribution in [0.25, 0.3) is 0 Å². The highest BCUT2D eigenvalue weighted by atomic mass is 32.2. The fourth-order valence-corrected chi connectivity index (χ4v) is 5.80. The van der Waals surface area contributed by atoms with Gasteiger partial charge in [-0.3, -0.25) is 13.9 Å².